The predicted molar refractivity (Wildman–Crippen MR) is 104 cm³/mol. The van der Waals surface area contributed by atoms with Gasteiger partial charge in [0, 0.05) is 18.3 Å². The molecule has 0 aromatic heterocycles. The van der Waals surface area contributed by atoms with E-state index < -0.39 is 5.60 Å². The van der Waals surface area contributed by atoms with Crippen molar-refractivity contribution in [3.63, 3.8) is 0 Å². The first-order valence-electron chi connectivity index (χ1n) is 11.0. The first kappa shape index (κ1) is 17.7. The van der Waals surface area contributed by atoms with Crippen LogP contribution in [0.1, 0.15) is 71.6 Å². The molecule has 5 rings (SSSR count). The van der Waals surface area contributed by atoms with Gasteiger partial charge < -0.3 is 4.74 Å². The molecule has 1 saturated heterocycles. The topological polar surface area (TPSA) is 43.4 Å². The quantitative estimate of drug-likeness (QED) is 0.446. The van der Waals surface area contributed by atoms with E-state index in [1.807, 2.05) is 6.08 Å². The van der Waals surface area contributed by atoms with Gasteiger partial charge in [0.1, 0.15) is 5.60 Å². The molecule has 27 heavy (non-hydrogen) atoms. The average Bonchev–Trinajstić information content (AvgIpc) is 2.90. The van der Waals surface area contributed by atoms with E-state index in [1.54, 1.807) is 0 Å². The molecule has 7 atom stereocenters. The molecular formula is C24H32O3. The lowest BCUT2D eigenvalue weighted by atomic mass is 9.47. The number of ether oxygens (including phenoxy) is 1. The van der Waals surface area contributed by atoms with Crippen molar-refractivity contribution in [1.29, 1.82) is 0 Å². The van der Waals surface area contributed by atoms with E-state index in [-0.39, 0.29) is 11.4 Å². The number of fused-ring (bicyclic) bond motifs is 6. The maximum absolute atomic E-state index is 12.3. The summed E-state index contributed by atoms with van der Waals surface area (Å²) >= 11 is 0. The average molecular weight is 369 g/mol. The molecule has 0 unspecified atom stereocenters. The zero-order chi connectivity index (χ0) is 19.0. The molecule has 1 heterocycles. The van der Waals surface area contributed by atoms with Crippen LogP contribution in [0.4, 0.5) is 0 Å². The molecule has 0 aromatic carbocycles. The maximum atomic E-state index is 12.3. The van der Waals surface area contributed by atoms with Crippen molar-refractivity contribution < 1.29 is 14.3 Å². The normalized spacial score (nSPS) is 49.2. The van der Waals surface area contributed by atoms with Crippen molar-refractivity contribution in [2.24, 2.45) is 35.0 Å². The van der Waals surface area contributed by atoms with Gasteiger partial charge in [0.25, 0.3) is 0 Å². The van der Waals surface area contributed by atoms with Gasteiger partial charge in [-0.2, -0.15) is 0 Å². The van der Waals surface area contributed by atoms with Gasteiger partial charge in [0.2, 0.25) is 0 Å². The fraction of sp³-hybridized carbons (Fsp3) is 0.750. The molecule has 3 heteroatoms. The molecular weight excluding hydrogens is 336 g/mol. The molecule has 5 aliphatic rings. The summed E-state index contributed by atoms with van der Waals surface area (Å²) in [5.74, 6) is 3.51. The molecule has 0 radical (unpaired) electrons. The third kappa shape index (κ3) is 2.26. The van der Waals surface area contributed by atoms with Crippen LogP contribution in [0.2, 0.25) is 0 Å². The second kappa shape index (κ2) is 5.81. The van der Waals surface area contributed by atoms with Gasteiger partial charge >= 0.3 is 5.97 Å². The number of carbonyl (C=O) groups excluding carboxylic acids is 2. The zero-order valence-corrected chi connectivity index (χ0v) is 16.8. The van der Waals surface area contributed by atoms with Crippen molar-refractivity contribution in [2.75, 3.05) is 0 Å². The summed E-state index contributed by atoms with van der Waals surface area (Å²) in [6.45, 7) is 9.21. The lowest BCUT2D eigenvalue weighted by Crippen LogP contribution is -2.58. The lowest BCUT2D eigenvalue weighted by molar-refractivity contribution is -0.184. The van der Waals surface area contributed by atoms with Crippen LogP contribution in [-0.4, -0.2) is 17.4 Å². The van der Waals surface area contributed by atoms with Crippen LogP contribution < -0.4 is 0 Å². The Balaban J connectivity index is 1.52. The first-order valence-corrected chi connectivity index (χ1v) is 11.0. The van der Waals surface area contributed by atoms with Crippen molar-refractivity contribution in [3.05, 3.63) is 23.8 Å². The zero-order valence-electron chi connectivity index (χ0n) is 16.8. The number of hydrogen-bond donors (Lipinski definition) is 0. The number of carbonyl (C=O) groups is 2. The van der Waals surface area contributed by atoms with Crippen LogP contribution in [-0.2, 0) is 14.3 Å². The highest BCUT2D eigenvalue weighted by atomic mass is 16.6. The van der Waals surface area contributed by atoms with Gasteiger partial charge in [-0.05, 0) is 86.2 Å². The van der Waals surface area contributed by atoms with Crippen LogP contribution in [0.15, 0.2) is 23.8 Å². The van der Waals surface area contributed by atoms with Gasteiger partial charge in [-0.25, -0.2) is 0 Å². The summed E-state index contributed by atoms with van der Waals surface area (Å²) < 4.78 is 6.17. The second-order valence-corrected chi connectivity index (χ2v) is 10.3. The molecule has 0 aromatic rings. The SMILES string of the molecule is C=C1CCC(=O)O[C@]12CC[C@H]1[C@@H]3CCC4=CC(=O)CC[C@@H]4[C@H]3[C@@H](C)C[C@@]12C. The Hall–Kier alpha value is -1.38. The molecule has 1 spiro atoms. The minimum atomic E-state index is -0.426. The fourth-order valence-electron chi connectivity index (χ4n) is 8.27. The summed E-state index contributed by atoms with van der Waals surface area (Å²) in [6.07, 6.45) is 10.5. The van der Waals surface area contributed by atoms with Crippen LogP contribution >= 0.6 is 0 Å². The molecule has 0 N–H and O–H groups in total. The van der Waals surface area contributed by atoms with E-state index in [0.717, 1.165) is 50.5 Å². The standard InChI is InChI=1S/C24H32O3/c1-14-13-23(3)20(10-11-24(23)15(2)4-9-21(26)27-24)19-7-5-16-12-17(25)6-8-18(16)22(14)19/h12,14,18-20,22H,2,4-11,13H2,1,3H3/t14-,18-,19-,20-,22+,23-,24+/m0/s1. The number of ketones is 1. The number of esters is 1. The Labute approximate surface area is 162 Å². The van der Waals surface area contributed by atoms with E-state index in [9.17, 15) is 9.59 Å². The summed E-state index contributed by atoms with van der Waals surface area (Å²) in [5, 5.41) is 0. The molecule has 4 aliphatic carbocycles. The largest absolute Gasteiger partial charge is 0.454 e. The molecule has 3 saturated carbocycles. The van der Waals surface area contributed by atoms with Crippen molar-refractivity contribution >= 4 is 11.8 Å². The van der Waals surface area contributed by atoms with Gasteiger partial charge in [-0.1, -0.05) is 26.0 Å². The Kier molecular flexibility index (Phi) is 3.81. The highest BCUT2D eigenvalue weighted by Crippen LogP contribution is 2.69. The minimum absolute atomic E-state index is 0.0203. The van der Waals surface area contributed by atoms with E-state index in [0.29, 0.717) is 41.8 Å². The smallest absolute Gasteiger partial charge is 0.307 e. The number of rotatable bonds is 0. The van der Waals surface area contributed by atoms with E-state index >= 15 is 0 Å². The van der Waals surface area contributed by atoms with Crippen LogP contribution in [0.5, 0.6) is 0 Å². The molecule has 0 bridgehead atoms. The minimum Gasteiger partial charge on any atom is -0.454 e. The monoisotopic (exact) mass is 368 g/mol. The van der Waals surface area contributed by atoms with Crippen LogP contribution in [0.3, 0.4) is 0 Å². The van der Waals surface area contributed by atoms with Crippen molar-refractivity contribution in [3.8, 4) is 0 Å². The third-order valence-electron chi connectivity index (χ3n) is 9.21. The van der Waals surface area contributed by atoms with E-state index in [2.05, 4.69) is 20.4 Å². The first-order chi connectivity index (χ1) is 12.9. The Morgan fingerprint density at radius 3 is 2.74 bits per heavy atom. The Morgan fingerprint density at radius 1 is 1.11 bits per heavy atom. The van der Waals surface area contributed by atoms with Gasteiger partial charge in [0.05, 0.1) is 0 Å². The third-order valence-corrected chi connectivity index (χ3v) is 9.21. The van der Waals surface area contributed by atoms with Gasteiger partial charge in [-0.3, -0.25) is 9.59 Å². The lowest BCUT2D eigenvalue weighted by Gasteiger charge is -2.59. The summed E-state index contributed by atoms with van der Waals surface area (Å²) in [4.78, 5) is 24.2. The van der Waals surface area contributed by atoms with E-state index in [4.69, 9.17) is 4.74 Å². The Morgan fingerprint density at radius 2 is 1.93 bits per heavy atom. The molecule has 4 fully saturated rings. The highest BCUT2D eigenvalue weighted by Gasteiger charge is 2.67. The van der Waals surface area contributed by atoms with Crippen molar-refractivity contribution in [1.82, 2.24) is 0 Å². The van der Waals surface area contributed by atoms with Crippen LogP contribution in [0.25, 0.3) is 0 Å². The fourth-order valence-corrected chi connectivity index (χ4v) is 8.27. The molecule has 146 valence electrons. The highest BCUT2D eigenvalue weighted by molar-refractivity contribution is 5.91. The van der Waals surface area contributed by atoms with Crippen LogP contribution in [0, 0.1) is 35.0 Å². The maximum Gasteiger partial charge on any atom is 0.307 e. The molecule has 3 nitrogen and oxygen atoms in total. The predicted octanol–water partition coefficient (Wildman–Crippen LogP) is 5.01. The summed E-state index contributed by atoms with van der Waals surface area (Å²) in [6, 6.07) is 0. The second-order valence-electron chi connectivity index (χ2n) is 10.3. The summed E-state index contributed by atoms with van der Waals surface area (Å²) in [7, 11) is 0. The summed E-state index contributed by atoms with van der Waals surface area (Å²) in [5.41, 5.74) is 2.19. The van der Waals surface area contributed by atoms with Crippen molar-refractivity contribution in [2.45, 2.75) is 77.2 Å². The Bertz CT molecular complexity index is 749. The molecule has 1 aliphatic heterocycles. The molecule has 0 amide bonds. The van der Waals surface area contributed by atoms with E-state index in [1.165, 1.54) is 12.0 Å². The van der Waals surface area contributed by atoms with Gasteiger partial charge in [0.15, 0.2) is 5.78 Å². The number of hydrogen-bond acceptors (Lipinski definition) is 3. The van der Waals surface area contributed by atoms with Gasteiger partial charge in [-0.15, -0.1) is 0 Å². The number of allylic oxidation sites excluding steroid dienone is 1.